The molecule has 0 radical (unpaired) electrons. The number of hydrogen-bond donors (Lipinski definition) is 2. The molecular weight excluding hydrogens is 534 g/mol. The van der Waals surface area contributed by atoms with Crippen molar-refractivity contribution in [1.29, 1.82) is 0 Å². The molecule has 42 heavy (non-hydrogen) atoms. The number of amides is 1. The number of fused-ring (bicyclic) bond motifs is 1. The standard InChI is InChI=1S/C33H47N3O6/c1-4-5-17-35(18-9-16-34(2)3)31(38)21-36-20-27(25-14-15-29-30(19-25)42-23-41-29)32(33(39)40)28(36)13-8-12-24-10-6-7-11-26(24)22-37/h6-7,10-11,14-15,19,27-28,32,37H,4-5,8-9,12-13,16-18,20-23H2,1-3H3,(H,39,40)/t27-,28+,32-/m1/s1. The maximum absolute atomic E-state index is 13.7. The first-order chi connectivity index (χ1) is 20.3. The van der Waals surface area contributed by atoms with E-state index in [1.54, 1.807) is 0 Å². The third-order valence-corrected chi connectivity index (χ3v) is 8.60. The van der Waals surface area contributed by atoms with Gasteiger partial charge in [-0.05, 0) is 81.6 Å². The molecule has 2 aliphatic rings. The molecule has 0 bridgehead atoms. The van der Waals surface area contributed by atoms with Crippen LogP contribution in [0.4, 0.5) is 0 Å². The molecule has 0 aromatic heterocycles. The number of hydrogen-bond acceptors (Lipinski definition) is 7. The van der Waals surface area contributed by atoms with Crippen molar-refractivity contribution in [2.45, 2.75) is 64.0 Å². The maximum atomic E-state index is 13.7. The number of aliphatic hydroxyl groups excluding tert-OH is 1. The van der Waals surface area contributed by atoms with Crippen LogP contribution in [0.5, 0.6) is 11.5 Å². The van der Waals surface area contributed by atoms with Gasteiger partial charge in [0.2, 0.25) is 12.7 Å². The molecule has 3 atom stereocenters. The van der Waals surface area contributed by atoms with Gasteiger partial charge in [0.05, 0.1) is 19.1 Å². The normalized spacial score (nSPS) is 19.9. The Kier molecular flexibility index (Phi) is 11.6. The third-order valence-electron chi connectivity index (χ3n) is 8.60. The number of likely N-dealkylation sites (tertiary alicyclic amines) is 1. The molecule has 2 heterocycles. The van der Waals surface area contributed by atoms with E-state index >= 15 is 0 Å². The molecule has 2 aliphatic heterocycles. The molecule has 2 aromatic carbocycles. The fraction of sp³-hybridized carbons (Fsp3) is 0.576. The van der Waals surface area contributed by atoms with E-state index in [4.69, 9.17) is 9.47 Å². The number of carboxylic acid groups (broad SMARTS) is 1. The predicted molar refractivity (Wildman–Crippen MR) is 162 cm³/mol. The zero-order valence-electron chi connectivity index (χ0n) is 25.3. The molecule has 0 spiro atoms. The monoisotopic (exact) mass is 581 g/mol. The number of nitrogens with zero attached hydrogens (tertiary/aromatic N) is 3. The molecule has 4 rings (SSSR count). The van der Waals surface area contributed by atoms with E-state index in [0.717, 1.165) is 55.3 Å². The number of aryl methyl sites for hydroxylation is 1. The summed E-state index contributed by atoms with van der Waals surface area (Å²) in [7, 11) is 4.07. The van der Waals surface area contributed by atoms with Gasteiger partial charge in [-0.1, -0.05) is 43.7 Å². The first-order valence-corrected chi connectivity index (χ1v) is 15.3. The summed E-state index contributed by atoms with van der Waals surface area (Å²) in [5, 5.41) is 20.3. The topological polar surface area (TPSA) is 103 Å². The number of carboxylic acids is 1. The molecule has 230 valence electrons. The Hall–Kier alpha value is -3.14. The number of ether oxygens (including phenoxy) is 2. The van der Waals surface area contributed by atoms with Crippen LogP contribution in [0.3, 0.4) is 0 Å². The fourth-order valence-electron chi connectivity index (χ4n) is 6.35. The summed E-state index contributed by atoms with van der Waals surface area (Å²) >= 11 is 0. The molecule has 0 aliphatic carbocycles. The van der Waals surface area contributed by atoms with Gasteiger partial charge in [-0.15, -0.1) is 0 Å². The quantitative estimate of drug-likeness (QED) is 0.307. The van der Waals surface area contributed by atoms with Crippen molar-refractivity contribution in [3.05, 3.63) is 59.2 Å². The van der Waals surface area contributed by atoms with Gasteiger partial charge >= 0.3 is 5.97 Å². The van der Waals surface area contributed by atoms with Crippen LogP contribution in [-0.4, -0.2) is 96.4 Å². The van der Waals surface area contributed by atoms with Gasteiger partial charge in [-0.2, -0.15) is 0 Å². The number of rotatable bonds is 16. The summed E-state index contributed by atoms with van der Waals surface area (Å²) in [6, 6.07) is 13.2. The van der Waals surface area contributed by atoms with Crippen LogP contribution in [-0.2, 0) is 22.6 Å². The van der Waals surface area contributed by atoms with E-state index in [-0.39, 0.29) is 37.8 Å². The maximum Gasteiger partial charge on any atom is 0.308 e. The Bertz CT molecular complexity index is 1190. The average Bonchev–Trinajstić information content (AvgIpc) is 3.59. The van der Waals surface area contributed by atoms with Crippen LogP contribution in [0.2, 0.25) is 0 Å². The van der Waals surface area contributed by atoms with Crippen LogP contribution >= 0.6 is 0 Å². The SMILES string of the molecule is CCCCN(CCCN(C)C)C(=O)CN1C[C@H](c2ccc3c(c2)OCO3)[C@@H](C(=O)O)[C@@H]1CCCc1ccccc1CO. The summed E-state index contributed by atoms with van der Waals surface area (Å²) in [4.78, 5) is 32.8. The first-order valence-electron chi connectivity index (χ1n) is 15.3. The highest BCUT2D eigenvalue weighted by Crippen LogP contribution is 2.43. The molecule has 0 saturated carbocycles. The van der Waals surface area contributed by atoms with E-state index in [1.807, 2.05) is 61.5 Å². The number of unbranched alkanes of at least 4 members (excludes halogenated alkanes) is 1. The lowest BCUT2D eigenvalue weighted by atomic mass is 9.83. The van der Waals surface area contributed by atoms with Gasteiger partial charge in [0.25, 0.3) is 0 Å². The number of benzene rings is 2. The largest absolute Gasteiger partial charge is 0.481 e. The number of carbonyl (C=O) groups excluding carboxylic acids is 1. The van der Waals surface area contributed by atoms with E-state index < -0.39 is 11.9 Å². The van der Waals surface area contributed by atoms with Gasteiger partial charge in [0.15, 0.2) is 11.5 Å². The minimum atomic E-state index is -0.845. The summed E-state index contributed by atoms with van der Waals surface area (Å²) in [5.74, 6) is -0.425. The lowest BCUT2D eigenvalue weighted by molar-refractivity contribution is -0.143. The van der Waals surface area contributed by atoms with E-state index in [9.17, 15) is 19.8 Å². The van der Waals surface area contributed by atoms with Crippen LogP contribution in [0.1, 0.15) is 61.6 Å². The number of carbonyl (C=O) groups is 2. The number of aliphatic carboxylic acids is 1. The summed E-state index contributed by atoms with van der Waals surface area (Å²) < 4.78 is 11.1. The van der Waals surface area contributed by atoms with Crippen molar-refractivity contribution in [3.8, 4) is 11.5 Å². The molecule has 9 nitrogen and oxygen atoms in total. The zero-order chi connectivity index (χ0) is 30.1. The number of aliphatic hydroxyl groups is 1. The molecule has 2 N–H and O–H groups in total. The van der Waals surface area contributed by atoms with Crippen molar-refractivity contribution < 1.29 is 29.3 Å². The molecule has 1 saturated heterocycles. The zero-order valence-corrected chi connectivity index (χ0v) is 25.3. The Morgan fingerprint density at radius 1 is 0.976 bits per heavy atom. The van der Waals surface area contributed by atoms with Crippen molar-refractivity contribution >= 4 is 11.9 Å². The van der Waals surface area contributed by atoms with Crippen LogP contribution < -0.4 is 9.47 Å². The van der Waals surface area contributed by atoms with Gasteiger partial charge in [0.1, 0.15) is 0 Å². The highest BCUT2D eigenvalue weighted by Gasteiger charge is 2.47. The second kappa shape index (κ2) is 15.4. The Balaban J connectivity index is 1.56. The average molecular weight is 582 g/mol. The Morgan fingerprint density at radius 3 is 2.43 bits per heavy atom. The van der Waals surface area contributed by atoms with Crippen LogP contribution in [0.15, 0.2) is 42.5 Å². The lowest BCUT2D eigenvalue weighted by Gasteiger charge is -2.30. The first kappa shape index (κ1) is 31.8. The third kappa shape index (κ3) is 8.02. The summed E-state index contributed by atoms with van der Waals surface area (Å²) in [6.07, 6.45) is 4.98. The molecule has 2 aromatic rings. The van der Waals surface area contributed by atoms with E-state index in [1.165, 1.54) is 0 Å². The van der Waals surface area contributed by atoms with Gasteiger partial charge in [0, 0.05) is 31.6 Å². The van der Waals surface area contributed by atoms with Gasteiger partial charge in [-0.3, -0.25) is 14.5 Å². The fourth-order valence-corrected chi connectivity index (χ4v) is 6.35. The Morgan fingerprint density at radius 2 is 1.71 bits per heavy atom. The summed E-state index contributed by atoms with van der Waals surface area (Å²) in [5.41, 5.74) is 2.87. The second-order valence-electron chi connectivity index (χ2n) is 11.8. The highest BCUT2D eigenvalue weighted by atomic mass is 16.7. The van der Waals surface area contributed by atoms with Gasteiger partial charge in [-0.25, -0.2) is 0 Å². The smallest absolute Gasteiger partial charge is 0.308 e. The molecule has 1 amide bonds. The Labute approximate surface area is 250 Å². The van der Waals surface area contributed by atoms with E-state index in [2.05, 4.69) is 16.7 Å². The lowest BCUT2D eigenvalue weighted by Crippen LogP contribution is -2.45. The van der Waals surface area contributed by atoms with Crippen molar-refractivity contribution in [1.82, 2.24) is 14.7 Å². The minimum absolute atomic E-state index is 0.0222. The summed E-state index contributed by atoms with van der Waals surface area (Å²) in [6.45, 7) is 5.27. The second-order valence-corrected chi connectivity index (χ2v) is 11.8. The van der Waals surface area contributed by atoms with Crippen LogP contribution in [0.25, 0.3) is 0 Å². The van der Waals surface area contributed by atoms with Crippen molar-refractivity contribution in [2.75, 3.05) is 53.6 Å². The van der Waals surface area contributed by atoms with Crippen molar-refractivity contribution in [3.63, 3.8) is 0 Å². The molecule has 9 heteroatoms. The van der Waals surface area contributed by atoms with Crippen LogP contribution in [0, 0.1) is 5.92 Å². The molecule has 0 unspecified atom stereocenters. The molecule has 1 fully saturated rings. The molecular formula is C33H47N3O6. The minimum Gasteiger partial charge on any atom is -0.481 e. The van der Waals surface area contributed by atoms with Crippen molar-refractivity contribution in [2.24, 2.45) is 5.92 Å². The predicted octanol–water partition coefficient (Wildman–Crippen LogP) is 3.98. The van der Waals surface area contributed by atoms with Gasteiger partial charge < -0.3 is 29.5 Å². The highest BCUT2D eigenvalue weighted by molar-refractivity contribution is 5.79. The van der Waals surface area contributed by atoms with E-state index in [0.29, 0.717) is 37.6 Å².